The summed E-state index contributed by atoms with van der Waals surface area (Å²) >= 11 is 0. The highest BCUT2D eigenvalue weighted by Gasteiger charge is 2.41. The molecular weight excluding hydrogens is 415 g/mol. The summed E-state index contributed by atoms with van der Waals surface area (Å²) in [5, 5.41) is 0. The minimum Gasteiger partial charge on any atom is -0.443 e. The molecule has 1 unspecified atom stereocenters. The van der Waals surface area contributed by atoms with Gasteiger partial charge < -0.3 is 15.0 Å². The van der Waals surface area contributed by atoms with Crippen LogP contribution in [0.15, 0.2) is 18.3 Å². The number of rotatable bonds is 3. The first kappa shape index (κ1) is 22.6. The molecule has 0 spiro atoms. The maximum absolute atomic E-state index is 13.4. The van der Waals surface area contributed by atoms with Crippen molar-refractivity contribution in [3.05, 3.63) is 29.6 Å². The zero-order chi connectivity index (χ0) is 23.1. The molecule has 0 aliphatic carbocycles. The predicted octanol–water partition coefficient (Wildman–Crippen LogP) is 3.97. The maximum atomic E-state index is 13.4. The number of anilines is 1. The number of amides is 2. The van der Waals surface area contributed by atoms with Crippen LogP contribution < -0.4 is 5.73 Å². The number of carbonyl (C=O) groups is 2. The largest absolute Gasteiger partial charge is 0.443 e. The molecule has 8 nitrogen and oxygen atoms in total. The maximum Gasteiger partial charge on any atom is 0.417 e. The minimum absolute atomic E-state index is 0.0143. The normalized spacial score (nSPS) is 16.9. The summed E-state index contributed by atoms with van der Waals surface area (Å²) in [5.74, 6) is -1.32. The van der Waals surface area contributed by atoms with Crippen LogP contribution in [-0.2, 0) is 11.3 Å². The van der Waals surface area contributed by atoms with E-state index in [0.29, 0.717) is 6.42 Å². The van der Waals surface area contributed by atoms with Crippen molar-refractivity contribution in [3.8, 4) is 11.4 Å². The molecule has 0 radical (unpaired) electrons. The Morgan fingerprint density at radius 1 is 1.32 bits per heavy atom. The van der Waals surface area contributed by atoms with Crippen molar-refractivity contribution in [1.29, 1.82) is 0 Å². The van der Waals surface area contributed by atoms with Crippen molar-refractivity contribution in [2.24, 2.45) is 0 Å². The molecule has 0 saturated carbocycles. The lowest BCUT2D eigenvalue weighted by Crippen LogP contribution is -2.46. The van der Waals surface area contributed by atoms with E-state index < -0.39 is 36.2 Å². The summed E-state index contributed by atoms with van der Waals surface area (Å²) in [6.07, 6.45) is -3.64. The summed E-state index contributed by atoms with van der Waals surface area (Å²) in [5.41, 5.74) is 5.24. The van der Waals surface area contributed by atoms with Gasteiger partial charge in [-0.25, -0.2) is 19.7 Å². The van der Waals surface area contributed by atoms with Crippen LogP contribution in [0.3, 0.4) is 0 Å². The number of hydrogen-bond donors (Lipinski definition) is 1. The molecule has 3 heterocycles. The van der Waals surface area contributed by atoms with Gasteiger partial charge in [0.1, 0.15) is 12.1 Å². The van der Waals surface area contributed by atoms with Crippen molar-refractivity contribution in [1.82, 2.24) is 19.4 Å². The van der Waals surface area contributed by atoms with E-state index in [1.807, 2.05) is 0 Å². The molecule has 3 rings (SSSR count). The Hall–Kier alpha value is -3.11. The van der Waals surface area contributed by atoms with Gasteiger partial charge in [-0.3, -0.25) is 4.79 Å². The third kappa shape index (κ3) is 4.80. The van der Waals surface area contributed by atoms with Crippen LogP contribution in [0.25, 0.3) is 11.4 Å². The Kier molecular flexibility index (Phi) is 5.72. The SMILES string of the molecule is CCC1CN(C(=O)OC(C)(C)C)C(=O)c2cc(-c3ccnc(N)n3)n(CC(F)(F)F)c21. The molecule has 1 aliphatic heterocycles. The number of imide groups is 1. The number of alkyl halides is 3. The Morgan fingerprint density at radius 3 is 2.55 bits per heavy atom. The van der Waals surface area contributed by atoms with E-state index >= 15 is 0 Å². The number of hydrogen-bond acceptors (Lipinski definition) is 6. The van der Waals surface area contributed by atoms with Crippen LogP contribution in [0.2, 0.25) is 0 Å². The van der Waals surface area contributed by atoms with E-state index in [0.717, 1.165) is 9.47 Å². The van der Waals surface area contributed by atoms with Gasteiger partial charge in [-0.1, -0.05) is 6.92 Å². The van der Waals surface area contributed by atoms with Crippen molar-refractivity contribution in [2.45, 2.75) is 58.4 Å². The molecule has 2 N–H and O–H groups in total. The third-order valence-corrected chi connectivity index (χ3v) is 4.78. The van der Waals surface area contributed by atoms with E-state index in [9.17, 15) is 22.8 Å². The van der Waals surface area contributed by atoms with Crippen molar-refractivity contribution >= 4 is 17.9 Å². The van der Waals surface area contributed by atoms with Gasteiger partial charge in [0, 0.05) is 24.4 Å². The molecule has 2 aromatic rings. The Bertz CT molecular complexity index is 1010. The summed E-state index contributed by atoms with van der Waals surface area (Å²) in [7, 11) is 0. The van der Waals surface area contributed by atoms with Crippen LogP contribution in [0.5, 0.6) is 0 Å². The first-order chi connectivity index (χ1) is 14.3. The quantitative estimate of drug-likeness (QED) is 0.776. The number of nitrogens with two attached hydrogens (primary N) is 1. The molecule has 0 aromatic carbocycles. The van der Waals surface area contributed by atoms with E-state index in [4.69, 9.17) is 10.5 Å². The van der Waals surface area contributed by atoms with Gasteiger partial charge in [0.2, 0.25) is 5.95 Å². The van der Waals surface area contributed by atoms with Crippen molar-refractivity contribution in [3.63, 3.8) is 0 Å². The van der Waals surface area contributed by atoms with Crippen LogP contribution in [-0.4, -0.2) is 49.8 Å². The van der Waals surface area contributed by atoms with E-state index in [-0.39, 0.29) is 35.1 Å². The lowest BCUT2D eigenvalue weighted by atomic mass is 9.93. The highest BCUT2D eigenvalue weighted by atomic mass is 19.4. The highest BCUT2D eigenvalue weighted by Crippen LogP contribution is 2.38. The van der Waals surface area contributed by atoms with Crippen LogP contribution in [0, 0.1) is 0 Å². The molecule has 1 aliphatic rings. The van der Waals surface area contributed by atoms with Crippen LogP contribution in [0.4, 0.5) is 23.9 Å². The fraction of sp³-hybridized carbons (Fsp3) is 0.500. The summed E-state index contributed by atoms with van der Waals surface area (Å²) < 4.78 is 46.7. The second-order valence-corrected chi connectivity index (χ2v) is 8.33. The lowest BCUT2D eigenvalue weighted by molar-refractivity contribution is -0.140. The third-order valence-electron chi connectivity index (χ3n) is 4.78. The first-order valence-corrected chi connectivity index (χ1v) is 9.74. The van der Waals surface area contributed by atoms with Gasteiger partial charge >= 0.3 is 12.3 Å². The predicted molar refractivity (Wildman–Crippen MR) is 106 cm³/mol. The molecule has 1 atom stereocenters. The van der Waals surface area contributed by atoms with Crippen LogP contribution in [0.1, 0.15) is 56.1 Å². The molecule has 11 heteroatoms. The number of nitrogens with zero attached hydrogens (tertiary/aromatic N) is 4. The van der Waals surface area contributed by atoms with E-state index in [1.54, 1.807) is 27.7 Å². The minimum atomic E-state index is -4.54. The molecule has 2 amide bonds. The zero-order valence-electron chi connectivity index (χ0n) is 17.7. The number of aromatic nitrogens is 3. The molecular formula is C20H24F3N5O3. The fourth-order valence-electron chi connectivity index (χ4n) is 3.59. The van der Waals surface area contributed by atoms with Crippen molar-refractivity contribution < 1.29 is 27.5 Å². The summed E-state index contributed by atoms with van der Waals surface area (Å²) in [6.45, 7) is 5.39. The molecule has 2 aromatic heterocycles. The van der Waals surface area contributed by atoms with Gasteiger partial charge in [-0.15, -0.1) is 0 Å². The van der Waals surface area contributed by atoms with Gasteiger partial charge in [0.05, 0.1) is 17.0 Å². The highest BCUT2D eigenvalue weighted by molar-refractivity contribution is 6.05. The second-order valence-electron chi connectivity index (χ2n) is 8.33. The number of halogens is 3. The van der Waals surface area contributed by atoms with Gasteiger partial charge in [0.15, 0.2) is 0 Å². The van der Waals surface area contributed by atoms with E-state index in [2.05, 4.69) is 9.97 Å². The standard InChI is InChI=1S/C20H24F3N5O3/c1-5-11-9-27(18(30)31-19(2,3)4)16(29)12-8-14(13-6-7-25-17(24)26-13)28(15(11)12)10-20(21,22)23/h6-8,11H,5,9-10H2,1-4H3,(H2,24,25,26). The van der Waals surface area contributed by atoms with Crippen molar-refractivity contribution in [2.75, 3.05) is 12.3 Å². The van der Waals surface area contributed by atoms with Gasteiger partial charge in [-0.2, -0.15) is 13.2 Å². The molecule has 0 bridgehead atoms. The Balaban J connectivity index is 2.16. The average molecular weight is 439 g/mol. The second kappa shape index (κ2) is 7.86. The monoisotopic (exact) mass is 439 g/mol. The number of carbonyl (C=O) groups excluding carboxylic acids is 2. The molecule has 31 heavy (non-hydrogen) atoms. The van der Waals surface area contributed by atoms with Gasteiger partial charge in [0.25, 0.3) is 5.91 Å². The average Bonchev–Trinajstić information content (AvgIpc) is 2.99. The topological polar surface area (TPSA) is 103 Å². The molecule has 168 valence electrons. The number of ether oxygens (including phenoxy) is 1. The first-order valence-electron chi connectivity index (χ1n) is 9.74. The summed E-state index contributed by atoms with van der Waals surface area (Å²) in [4.78, 5) is 34.4. The Labute approximate surface area is 177 Å². The fourth-order valence-corrected chi connectivity index (χ4v) is 3.59. The molecule has 0 saturated heterocycles. The lowest BCUT2D eigenvalue weighted by Gasteiger charge is -2.33. The summed E-state index contributed by atoms with van der Waals surface area (Å²) in [6, 6.07) is 2.74. The zero-order valence-corrected chi connectivity index (χ0v) is 17.7. The number of nitrogen functional groups attached to an aromatic ring is 1. The number of fused-ring (bicyclic) bond motifs is 1. The van der Waals surface area contributed by atoms with Crippen LogP contribution >= 0.6 is 0 Å². The Morgan fingerprint density at radius 2 is 2.00 bits per heavy atom. The molecule has 0 fully saturated rings. The van der Waals surface area contributed by atoms with E-state index in [1.165, 1.54) is 18.3 Å². The van der Waals surface area contributed by atoms with Gasteiger partial charge in [-0.05, 0) is 39.3 Å². The smallest absolute Gasteiger partial charge is 0.417 e.